The highest BCUT2D eigenvalue weighted by Crippen LogP contribution is 2.36. The third-order valence-corrected chi connectivity index (χ3v) is 3.51. The monoisotopic (exact) mass is 337 g/mol. The summed E-state index contributed by atoms with van der Waals surface area (Å²) in [5.74, 6) is -0.292. The molecule has 1 aromatic rings. The number of nitrogens with zero attached hydrogens (tertiary/aromatic N) is 1. The van der Waals surface area contributed by atoms with Crippen LogP contribution in [-0.4, -0.2) is 53.7 Å². The van der Waals surface area contributed by atoms with Gasteiger partial charge in [0.1, 0.15) is 23.9 Å². The molecule has 0 unspecified atom stereocenters. The molecule has 24 heavy (non-hydrogen) atoms. The van der Waals surface area contributed by atoms with Crippen LogP contribution in [0.25, 0.3) is 0 Å². The zero-order valence-electron chi connectivity index (χ0n) is 14.0. The smallest absolute Gasteiger partial charge is 0.355 e. The number of esters is 2. The van der Waals surface area contributed by atoms with Crippen LogP contribution in [0.2, 0.25) is 0 Å². The Balaban J connectivity index is 2.58. The van der Waals surface area contributed by atoms with E-state index in [0.717, 1.165) is 0 Å². The highest BCUT2D eigenvalue weighted by Gasteiger charge is 2.33. The van der Waals surface area contributed by atoms with Crippen molar-refractivity contribution in [1.29, 1.82) is 0 Å². The van der Waals surface area contributed by atoms with E-state index >= 15 is 0 Å². The molecule has 1 aromatic carbocycles. The molecule has 0 fully saturated rings. The van der Waals surface area contributed by atoms with Gasteiger partial charge in [0, 0.05) is 6.07 Å². The number of hydrogen-bond acceptors (Lipinski definition) is 8. The largest absolute Gasteiger partial charge is 0.497 e. The van der Waals surface area contributed by atoms with E-state index in [4.69, 9.17) is 23.7 Å². The SMILES string of the molecule is COC(=O)C1=C(C(=O)OC)N(c2ccc(OC)cc2OC)COC1. The van der Waals surface area contributed by atoms with Gasteiger partial charge in [-0.15, -0.1) is 0 Å². The third-order valence-electron chi connectivity index (χ3n) is 3.51. The Bertz CT molecular complexity index is 668. The molecule has 8 nitrogen and oxygen atoms in total. The fourth-order valence-electron chi connectivity index (χ4n) is 2.34. The van der Waals surface area contributed by atoms with Crippen LogP contribution in [0.15, 0.2) is 29.5 Å². The second-order valence-electron chi connectivity index (χ2n) is 4.75. The number of anilines is 1. The van der Waals surface area contributed by atoms with E-state index in [9.17, 15) is 9.59 Å². The van der Waals surface area contributed by atoms with Gasteiger partial charge in [-0.25, -0.2) is 9.59 Å². The van der Waals surface area contributed by atoms with E-state index in [2.05, 4.69) is 0 Å². The van der Waals surface area contributed by atoms with Crippen molar-refractivity contribution in [2.24, 2.45) is 0 Å². The van der Waals surface area contributed by atoms with Gasteiger partial charge in [-0.05, 0) is 12.1 Å². The van der Waals surface area contributed by atoms with Crippen molar-refractivity contribution < 1.29 is 33.3 Å². The van der Waals surface area contributed by atoms with Crippen molar-refractivity contribution in [2.45, 2.75) is 0 Å². The molecule has 130 valence electrons. The topological polar surface area (TPSA) is 83.5 Å². The Kier molecular flexibility index (Phi) is 5.64. The molecule has 0 radical (unpaired) electrons. The minimum Gasteiger partial charge on any atom is -0.497 e. The molecule has 0 amide bonds. The Morgan fingerprint density at radius 1 is 1.04 bits per heavy atom. The molecule has 0 aromatic heterocycles. The second-order valence-corrected chi connectivity index (χ2v) is 4.75. The minimum atomic E-state index is -0.670. The molecule has 0 saturated carbocycles. The normalized spacial score (nSPS) is 14.2. The van der Waals surface area contributed by atoms with E-state index in [1.54, 1.807) is 18.2 Å². The van der Waals surface area contributed by atoms with Gasteiger partial charge in [0.05, 0.1) is 46.3 Å². The first-order chi connectivity index (χ1) is 11.6. The zero-order chi connectivity index (χ0) is 17.7. The molecule has 2 rings (SSSR count). The lowest BCUT2D eigenvalue weighted by Gasteiger charge is -2.32. The summed E-state index contributed by atoms with van der Waals surface area (Å²) in [5, 5.41) is 0. The summed E-state index contributed by atoms with van der Waals surface area (Å²) in [4.78, 5) is 25.7. The fraction of sp³-hybridized carbons (Fsp3) is 0.375. The van der Waals surface area contributed by atoms with Crippen LogP contribution in [0.5, 0.6) is 11.5 Å². The van der Waals surface area contributed by atoms with Gasteiger partial charge in [0.15, 0.2) is 0 Å². The summed E-state index contributed by atoms with van der Waals surface area (Å²) in [5.41, 5.74) is 0.660. The van der Waals surface area contributed by atoms with Crippen LogP contribution in [0.4, 0.5) is 5.69 Å². The second kappa shape index (κ2) is 7.69. The molecule has 0 N–H and O–H groups in total. The van der Waals surface area contributed by atoms with E-state index < -0.39 is 11.9 Å². The average Bonchev–Trinajstić information content (AvgIpc) is 2.65. The van der Waals surface area contributed by atoms with Gasteiger partial charge in [-0.3, -0.25) is 0 Å². The first-order valence-electron chi connectivity index (χ1n) is 7.04. The van der Waals surface area contributed by atoms with Crippen LogP contribution in [0, 0.1) is 0 Å². The summed E-state index contributed by atoms with van der Waals surface area (Å²) < 4.78 is 25.5. The molecule has 8 heteroatoms. The molecule has 0 spiro atoms. The van der Waals surface area contributed by atoms with Crippen LogP contribution in [-0.2, 0) is 23.8 Å². The van der Waals surface area contributed by atoms with Crippen molar-refractivity contribution in [3.63, 3.8) is 0 Å². The number of ether oxygens (including phenoxy) is 5. The van der Waals surface area contributed by atoms with E-state index in [1.807, 2.05) is 0 Å². The number of rotatable bonds is 5. The summed E-state index contributed by atoms with van der Waals surface area (Å²) in [6.07, 6.45) is 0. The lowest BCUT2D eigenvalue weighted by molar-refractivity contribution is -0.140. The van der Waals surface area contributed by atoms with E-state index in [-0.39, 0.29) is 24.6 Å². The van der Waals surface area contributed by atoms with Crippen LogP contribution >= 0.6 is 0 Å². The molecule has 0 aliphatic carbocycles. The lowest BCUT2D eigenvalue weighted by atomic mass is 10.1. The highest BCUT2D eigenvalue weighted by atomic mass is 16.5. The van der Waals surface area contributed by atoms with E-state index in [1.165, 1.54) is 33.3 Å². The Labute approximate surface area is 139 Å². The maximum atomic E-state index is 12.3. The van der Waals surface area contributed by atoms with Gasteiger partial charge in [-0.2, -0.15) is 0 Å². The molecular weight excluding hydrogens is 318 g/mol. The van der Waals surface area contributed by atoms with Crippen LogP contribution < -0.4 is 14.4 Å². The predicted octanol–water partition coefficient (Wildman–Crippen LogP) is 1.10. The lowest BCUT2D eigenvalue weighted by Crippen LogP contribution is -2.39. The van der Waals surface area contributed by atoms with Crippen LogP contribution in [0.1, 0.15) is 0 Å². The van der Waals surface area contributed by atoms with Gasteiger partial charge < -0.3 is 28.6 Å². The first-order valence-corrected chi connectivity index (χ1v) is 7.04. The maximum Gasteiger partial charge on any atom is 0.355 e. The minimum absolute atomic E-state index is 0.0492. The van der Waals surface area contributed by atoms with Gasteiger partial charge >= 0.3 is 11.9 Å². The fourth-order valence-corrected chi connectivity index (χ4v) is 2.34. The highest BCUT2D eigenvalue weighted by molar-refractivity contribution is 6.03. The Hall–Kier alpha value is -2.74. The molecule has 0 atom stereocenters. The van der Waals surface area contributed by atoms with Gasteiger partial charge in [-0.1, -0.05) is 0 Å². The number of hydrogen-bond donors (Lipinski definition) is 0. The van der Waals surface area contributed by atoms with Crippen molar-refractivity contribution in [3.8, 4) is 11.5 Å². The van der Waals surface area contributed by atoms with Crippen molar-refractivity contribution in [1.82, 2.24) is 0 Å². The number of benzene rings is 1. The first kappa shape index (κ1) is 17.6. The molecule has 1 aliphatic heterocycles. The van der Waals surface area contributed by atoms with Crippen molar-refractivity contribution in [2.75, 3.05) is 46.7 Å². The molecule has 1 heterocycles. The molecule has 0 saturated heterocycles. The number of carbonyl (C=O) groups is 2. The number of methoxy groups -OCH3 is 4. The molecule has 0 bridgehead atoms. The summed E-state index contributed by atoms with van der Waals surface area (Å²) in [6, 6.07) is 5.07. The van der Waals surface area contributed by atoms with Crippen molar-refractivity contribution in [3.05, 3.63) is 29.5 Å². The van der Waals surface area contributed by atoms with Crippen LogP contribution in [0.3, 0.4) is 0 Å². The van der Waals surface area contributed by atoms with Gasteiger partial charge in [0.25, 0.3) is 0 Å². The third kappa shape index (κ3) is 3.28. The zero-order valence-corrected chi connectivity index (χ0v) is 14.0. The summed E-state index contributed by atoms with van der Waals surface area (Å²) in [6.45, 7) is -0.000304. The van der Waals surface area contributed by atoms with Crippen molar-refractivity contribution >= 4 is 17.6 Å². The summed E-state index contributed by atoms with van der Waals surface area (Å²) in [7, 11) is 5.50. The van der Waals surface area contributed by atoms with E-state index in [0.29, 0.717) is 17.2 Å². The molecule has 1 aliphatic rings. The number of carbonyl (C=O) groups excluding carboxylic acids is 2. The average molecular weight is 337 g/mol. The quantitative estimate of drug-likeness (QED) is 0.739. The maximum absolute atomic E-state index is 12.3. The standard InChI is InChI=1S/C16H19NO7/c1-20-10-5-6-12(13(7-10)21-2)17-9-24-8-11(15(18)22-3)14(17)16(19)23-4/h5-7H,8-9H2,1-4H3. The Morgan fingerprint density at radius 3 is 2.33 bits per heavy atom. The summed E-state index contributed by atoms with van der Waals surface area (Å²) >= 11 is 0. The van der Waals surface area contributed by atoms with Gasteiger partial charge in [0.2, 0.25) is 0 Å². The molecular formula is C16H19NO7. The Morgan fingerprint density at radius 2 is 1.75 bits per heavy atom. The predicted molar refractivity (Wildman–Crippen MR) is 83.9 cm³/mol.